The van der Waals surface area contributed by atoms with Crippen molar-refractivity contribution in [1.29, 1.82) is 0 Å². The summed E-state index contributed by atoms with van der Waals surface area (Å²) in [6.07, 6.45) is 7.97. The summed E-state index contributed by atoms with van der Waals surface area (Å²) in [7, 11) is 2.04. The lowest BCUT2D eigenvalue weighted by atomic mass is 9.97. The molecule has 6 rings (SSSR count). The molecule has 0 N–H and O–H groups in total. The second-order valence-electron chi connectivity index (χ2n) is 8.07. The van der Waals surface area contributed by atoms with E-state index in [4.69, 9.17) is 9.47 Å². The highest BCUT2D eigenvalue weighted by molar-refractivity contribution is 7.15. The van der Waals surface area contributed by atoms with Gasteiger partial charge in [0.1, 0.15) is 23.4 Å². The first-order valence-electron chi connectivity index (χ1n) is 10.8. The van der Waals surface area contributed by atoms with Crippen LogP contribution in [-0.4, -0.2) is 21.4 Å². The van der Waals surface area contributed by atoms with Crippen molar-refractivity contribution in [3.63, 3.8) is 0 Å². The molecule has 33 heavy (non-hydrogen) atoms. The van der Waals surface area contributed by atoms with Crippen molar-refractivity contribution in [3.05, 3.63) is 88.5 Å². The van der Waals surface area contributed by atoms with Gasteiger partial charge < -0.3 is 14.4 Å². The number of benzene rings is 2. The Labute approximate surface area is 199 Å². The van der Waals surface area contributed by atoms with Gasteiger partial charge in [0, 0.05) is 29.7 Å². The van der Waals surface area contributed by atoms with Crippen LogP contribution in [0.15, 0.2) is 72.5 Å². The van der Waals surface area contributed by atoms with Crippen molar-refractivity contribution in [3.8, 4) is 16.7 Å². The summed E-state index contributed by atoms with van der Waals surface area (Å²) >= 11 is 3.19. The van der Waals surface area contributed by atoms with Gasteiger partial charge in [0.2, 0.25) is 0 Å². The Hall–Kier alpha value is -3.36. The van der Waals surface area contributed by atoms with E-state index < -0.39 is 0 Å². The fraction of sp³-hybridized carbons (Fsp3) is 0.200. The van der Waals surface area contributed by atoms with Crippen LogP contribution in [0.4, 0.5) is 5.82 Å². The lowest BCUT2D eigenvalue weighted by Crippen LogP contribution is -2.15. The number of hydrogen-bond donors (Lipinski definition) is 0. The molecule has 1 aliphatic rings. The number of hydrogen-bond acceptors (Lipinski definition) is 7. The van der Waals surface area contributed by atoms with Crippen LogP contribution in [0.1, 0.15) is 28.5 Å². The molecule has 8 heteroatoms. The molecule has 0 amide bonds. The molecule has 0 fully saturated rings. The van der Waals surface area contributed by atoms with Crippen LogP contribution in [0.5, 0.6) is 16.7 Å². The third kappa shape index (κ3) is 4.19. The molecule has 3 aromatic heterocycles. The Bertz CT molecular complexity index is 1360. The Morgan fingerprint density at radius 2 is 2.12 bits per heavy atom. The number of rotatable bonds is 6. The van der Waals surface area contributed by atoms with Crippen molar-refractivity contribution in [1.82, 2.24) is 14.4 Å². The maximum atomic E-state index is 6.25. The molecule has 6 nitrogen and oxygen atoms in total. The van der Waals surface area contributed by atoms with E-state index in [0.717, 1.165) is 46.5 Å². The summed E-state index contributed by atoms with van der Waals surface area (Å²) in [5.74, 6) is 2.67. The zero-order valence-electron chi connectivity index (χ0n) is 18.0. The smallest absolute Gasteiger partial charge is 0.278 e. The highest BCUT2D eigenvalue weighted by Crippen LogP contribution is 2.38. The van der Waals surface area contributed by atoms with Crippen LogP contribution in [0.25, 0.3) is 4.96 Å². The molecule has 1 atom stereocenters. The zero-order chi connectivity index (χ0) is 22.2. The molecule has 1 unspecified atom stereocenters. The van der Waals surface area contributed by atoms with Gasteiger partial charge in [-0.3, -0.25) is 4.40 Å². The highest BCUT2D eigenvalue weighted by atomic mass is 32.1. The fourth-order valence-electron chi connectivity index (χ4n) is 4.06. The molecular formula is C25H22N4O2S2. The maximum Gasteiger partial charge on any atom is 0.278 e. The number of aromatic nitrogens is 3. The number of imidazole rings is 1. The lowest BCUT2D eigenvalue weighted by molar-refractivity contribution is 0.176. The Balaban J connectivity index is 1.11. The van der Waals surface area contributed by atoms with E-state index in [2.05, 4.69) is 45.2 Å². The number of ether oxygens (including phenoxy) is 2. The van der Waals surface area contributed by atoms with Crippen molar-refractivity contribution >= 4 is 33.5 Å². The molecule has 5 aromatic rings. The average Bonchev–Trinajstić information content (AvgIpc) is 3.56. The van der Waals surface area contributed by atoms with Gasteiger partial charge in [-0.15, -0.1) is 11.3 Å². The van der Waals surface area contributed by atoms with Gasteiger partial charge in [0.25, 0.3) is 5.19 Å². The minimum Gasteiger partial charge on any atom is -0.485 e. The lowest BCUT2D eigenvalue weighted by Gasteiger charge is -2.26. The van der Waals surface area contributed by atoms with Gasteiger partial charge in [-0.25, -0.2) is 9.97 Å². The standard InChI is InChI=1S/C25H22N4O2S2/c1-28(23-16-29-11-12-32-24(29)27-23)15-20-14-26-25(33-20)30-19-8-10-22-18(13-19)7-9-21(31-22)17-5-3-2-4-6-17/h2-6,8,10-14,16,21H,7,9,15H2,1H3. The highest BCUT2D eigenvalue weighted by Gasteiger charge is 2.22. The summed E-state index contributed by atoms with van der Waals surface area (Å²) in [5.41, 5.74) is 2.40. The zero-order valence-corrected chi connectivity index (χ0v) is 19.7. The van der Waals surface area contributed by atoms with Crippen molar-refractivity contribution < 1.29 is 9.47 Å². The summed E-state index contributed by atoms with van der Waals surface area (Å²) in [4.78, 5) is 13.4. The molecule has 0 saturated heterocycles. The van der Waals surface area contributed by atoms with Crippen LogP contribution in [0.2, 0.25) is 0 Å². The predicted octanol–water partition coefficient (Wildman–Crippen LogP) is 6.35. The Morgan fingerprint density at radius 1 is 1.21 bits per heavy atom. The van der Waals surface area contributed by atoms with E-state index in [9.17, 15) is 0 Å². The van der Waals surface area contributed by atoms with Gasteiger partial charge in [0.05, 0.1) is 12.7 Å². The van der Waals surface area contributed by atoms with Crippen LogP contribution in [-0.2, 0) is 13.0 Å². The third-order valence-corrected chi connectivity index (χ3v) is 7.38. The van der Waals surface area contributed by atoms with Crippen LogP contribution >= 0.6 is 22.7 Å². The Morgan fingerprint density at radius 3 is 3.00 bits per heavy atom. The van der Waals surface area contributed by atoms with Crippen molar-refractivity contribution in [2.75, 3.05) is 11.9 Å². The van der Waals surface area contributed by atoms with Gasteiger partial charge >= 0.3 is 0 Å². The van der Waals surface area contributed by atoms with Crippen LogP contribution < -0.4 is 14.4 Å². The van der Waals surface area contributed by atoms with E-state index in [0.29, 0.717) is 5.19 Å². The normalized spacial score (nSPS) is 15.2. The first-order chi connectivity index (χ1) is 16.2. The monoisotopic (exact) mass is 474 g/mol. The summed E-state index contributed by atoms with van der Waals surface area (Å²) < 4.78 is 14.4. The number of aryl methyl sites for hydroxylation is 1. The molecule has 4 heterocycles. The van der Waals surface area contributed by atoms with Gasteiger partial charge in [-0.1, -0.05) is 41.7 Å². The predicted molar refractivity (Wildman–Crippen MR) is 132 cm³/mol. The minimum absolute atomic E-state index is 0.107. The molecule has 2 aromatic carbocycles. The van der Waals surface area contributed by atoms with Crippen LogP contribution in [0, 0.1) is 0 Å². The molecule has 166 valence electrons. The van der Waals surface area contributed by atoms with E-state index in [-0.39, 0.29) is 6.10 Å². The fourth-order valence-corrected chi connectivity index (χ4v) is 5.58. The molecule has 0 bridgehead atoms. The summed E-state index contributed by atoms with van der Waals surface area (Å²) in [6.45, 7) is 0.727. The molecule has 0 spiro atoms. The molecular weight excluding hydrogens is 452 g/mol. The van der Waals surface area contributed by atoms with Crippen LogP contribution in [0.3, 0.4) is 0 Å². The number of fused-ring (bicyclic) bond motifs is 2. The second kappa shape index (κ2) is 8.53. The van der Waals surface area contributed by atoms with Crippen molar-refractivity contribution in [2.24, 2.45) is 0 Å². The van der Waals surface area contributed by atoms with Gasteiger partial charge in [-0.2, -0.15) is 0 Å². The summed E-state index contributed by atoms with van der Waals surface area (Å²) in [5, 5.41) is 2.68. The first kappa shape index (κ1) is 20.3. The number of thiazole rings is 2. The molecule has 0 saturated carbocycles. The van der Waals surface area contributed by atoms with Crippen molar-refractivity contribution in [2.45, 2.75) is 25.5 Å². The maximum absolute atomic E-state index is 6.25. The topological polar surface area (TPSA) is 51.9 Å². The van der Waals surface area contributed by atoms with E-state index in [1.54, 1.807) is 22.7 Å². The van der Waals surface area contributed by atoms with E-state index in [1.807, 2.05) is 53.6 Å². The number of anilines is 1. The molecule has 0 radical (unpaired) electrons. The second-order valence-corrected chi connectivity index (χ2v) is 10.0. The molecule has 0 aliphatic carbocycles. The molecule has 1 aliphatic heterocycles. The van der Waals surface area contributed by atoms with E-state index in [1.165, 1.54) is 11.1 Å². The van der Waals surface area contributed by atoms with E-state index >= 15 is 0 Å². The summed E-state index contributed by atoms with van der Waals surface area (Å²) in [6, 6.07) is 16.4. The largest absolute Gasteiger partial charge is 0.485 e. The Kier molecular flexibility index (Phi) is 5.24. The van der Waals surface area contributed by atoms with Gasteiger partial charge in [0.15, 0.2) is 4.96 Å². The third-order valence-electron chi connectivity index (χ3n) is 5.75. The average molecular weight is 475 g/mol. The number of nitrogens with zero attached hydrogens (tertiary/aromatic N) is 4. The quantitative estimate of drug-likeness (QED) is 0.287. The SMILES string of the molecule is CN(Cc1cnc(Oc2ccc3c(c2)CCC(c2ccccc2)O3)s1)c1cn2ccsc2n1. The van der Waals surface area contributed by atoms with Gasteiger partial charge in [-0.05, 0) is 42.2 Å². The minimum atomic E-state index is 0.107. The first-order valence-corrected chi connectivity index (χ1v) is 12.5.